The molecule has 0 saturated heterocycles. The number of carbonyl (C=O) groups excluding carboxylic acids is 2. The van der Waals surface area contributed by atoms with E-state index < -0.39 is 11.3 Å². The molecule has 0 fully saturated rings. The highest BCUT2D eigenvalue weighted by Gasteiger charge is 2.45. The number of hydrogen-bond acceptors (Lipinski definition) is 4. The number of nitrogens with two attached hydrogens (primary N) is 1. The standard InChI is InChI=1S/C32H39N3O3/c1-31(2)26-20-23(29(33)36)17-16-22(26)21-27(38-5)28(31)34-19-18-32(30(37)35(3)4,24-12-8-6-9-13-24)25-14-10-7-11-15-25/h6-17,20,27-28,34H,18-19,21H2,1-5H3,(H2,33,36)/t27-,28+/m0/s1. The second kappa shape index (κ2) is 11.1. The minimum absolute atomic E-state index is 0.0400. The van der Waals surface area contributed by atoms with Crippen LogP contribution in [0.5, 0.6) is 0 Å². The van der Waals surface area contributed by atoms with Crippen molar-refractivity contribution in [2.24, 2.45) is 5.73 Å². The number of likely N-dealkylation sites (N-methyl/N-ethyl adjacent to an activating group) is 1. The molecule has 0 heterocycles. The molecule has 1 aliphatic carbocycles. The van der Waals surface area contributed by atoms with Crippen molar-refractivity contribution in [3.63, 3.8) is 0 Å². The lowest BCUT2D eigenvalue weighted by molar-refractivity contribution is -0.133. The predicted octanol–water partition coefficient (Wildman–Crippen LogP) is 4.06. The maximum absolute atomic E-state index is 14.0. The maximum Gasteiger partial charge on any atom is 0.248 e. The van der Waals surface area contributed by atoms with Crippen molar-refractivity contribution >= 4 is 11.8 Å². The van der Waals surface area contributed by atoms with E-state index in [-0.39, 0.29) is 23.5 Å². The molecule has 38 heavy (non-hydrogen) atoms. The molecular weight excluding hydrogens is 474 g/mol. The van der Waals surface area contributed by atoms with Gasteiger partial charge in [-0.2, -0.15) is 0 Å². The lowest BCUT2D eigenvalue weighted by Crippen LogP contribution is -2.57. The van der Waals surface area contributed by atoms with E-state index in [0.29, 0.717) is 18.5 Å². The Labute approximate surface area is 226 Å². The topological polar surface area (TPSA) is 84.7 Å². The van der Waals surface area contributed by atoms with Gasteiger partial charge in [-0.1, -0.05) is 80.6 Å². The van der Waals surface area contributed by atoms with Crippen LogP contribution in [0, 0.1) is 0 Å². The zero-order chi connectivity index (χ0) is 27.5. The van der Waals surface area contributed by atoms with Crippen LogP contribution < -0.4 is 11.1 Å². The van der Waals surface area contributed by atoms with Crippen LogP contribution in [-0.4, -0.2) is 56.6 Å². The minimum Gasteiger partial charge on any atom is -0.379 e. The summed E-state index contributed by atoms with van der Waals surface area (Å²) >= 11 is 0. The predicted molar refractivity (Wildman–Crippen MR) is 151 cm³/mol. The van der Waals surface area contributed by atoms with E-state index in [4.69, 9.17) is 10.5 Å². The van der Waals surface area contributed by atoms with Crippen molar-refractivity contribution in [3.8, 4) is 0 Å². The van der Waals surface area contributed by atoms with Gasteiger partial charge in [-0.3, -0.25) is 9.59 Å². The monoisotopic (exact) mass is 513 g/mol. The summed E-state index contributed by atoms with van der Waals surface area (Å²) in [5, 5.41) is 3.78. The molecule has 2 atom stereocenters. The van der Waals surface area contributed by atoms with Crippen LogP contribution >= 0.6 is 0 Å². The SMILES string of the molecule is CO[C@H]1Cc2ccc(C(N)=O)cc2C(C)(C)[C@@H]1NCCC(C(=O)N(C)C)(c1ccccc1)c1ccccc1. The smallest absolute Gasteiger partial charge is 0.248 e. The van der Waals surface area contributed by atoms with Gasteiger partial charge in [-0.05, 0) is 47.4 Å². The number of benzene rings is 3. The molecular formula is C32H39N3O3. The van der Waals surface area contributed by atoms with Gasteiger partial charge in [0, 0.05) is 44.6 Å². The normalized spacial score (nSPS) is 18.4. The van der Waals surface area contributed by atoms with Gasteiger partial charge in [0.15, 0.2) is 0 Å². The van der Waals surface area contributed by atoms with Gasteiger partial charge in [-0.15, -0.1) is 0 Å². The van der Waals surface area contributed by atoms with E-state index in [0.717, 1.165) is 28.7 Å². The molecule has 6 nitrogen and oxygen atoms in total. The average Bonchev–Trinajstić information content (AvgIpc) is 2.92. The fourth-order valence-corrected chi connectivity index (χ4v) is 6.13. The Bertz CT molecular complexity index is 1230. The summed E-state index contributed by atoms with van der Waals surface area (Å²) in [5.41, 5.74) is 9.11. The minimum atomic E-state index is -0.850. The molecule has 0 radical (unpaired) electrons. The van der Waals surface area contributed by atoms with Crippen molar-refractivity contribution in [1.82, 2.24) is 10.2 Å². The molecule has 1 aliphatic rings. The Hall–Kier alpha value is -3.48. The Morgan fingerprint density at radius 2 is 1.58 bits per heavy atom. The number of amides is 2. The first-order valence-corrected chi connectivity index (χ1v) is 13.1. The zero-order valence-corrected chi connectivity index (χ0v) is 23.0. The first-order chi connectivity index (χ1) is 18.1. The van der Waals surface area contributed by atoms with Crippen LogP contribution in [0.1, 0.15) is 52.9 Å². The summed E-state index contributed by atoms with van der Waals surface area (Å²) in [5.74, 6) is -0.390. The van der Waals surface area contributed by atoms with Gasteiger partial charge < -0.3 is 20.7 Å². The number of nitrogens with zero attached hydrogens (tertiary/aromatic N) is 1. The van der Waals surface area contributed by atoms with Gasteiger partial charge in [0.05, 0.1) is 6.10 Å². The van der Waals surface area contributed by atoms with Gasteiger partial charge in [0.1, 0.15) is 5.41 Å². The number of fused-ring (bicyclic) bond motifs is 1. The lowest BCUT2D eigenvalue weighted by atomic mass is 9.67. The third kappa shape index (κ3) is 4.98. The van der Waals surface area contributed by atoms with Crippen molar-refractivity contribution in [1.29, 1.82) is 0 Å². The fraction of sp³-hybridized carbons (Fsp3) is 0.375. The highest BCUT2D eigenvalue weighted by Crippen LogP contribution is 2.40. The number of methoxy groups -OCH3 is 1. The number of hydrogen-bond donors (Lipinski definition) is 2. The molecule has 2 amide bonds. The van der Waals surface area contributed by atoms with Crippen LogP contribution in [-0.2, 0) is 26.8 Å². The van der Waals surface area contributed by atoms with Crippen LogP contribution in [0.2, 0.25) is 0 Å². The maximum atomic E-state index is 14.0. The number of rotatable bonds is 9. The molecule has 0 unspecified atom stereocenters. The van der Waals surface area contributed by atoms with E-state index in [9.17, 15) is 9.59 Å². The third-order valence-corrected chi connectivity index (χ3v) is 8.13. The molecule has 0 bridgehead atoms. The molecule has 4 rings (SSSR count). The van der Waals surface area contributed by atoms with E-state index >= 15 is 0 Å². The quantitative estimate of drug-likeness (QED) is 0.452. The highest BCUT2D eigenvalue weighted by molar-refractivity contribution is 5.93. The van der Waals surface area contributed by atoms with Gasteiger partial charge in [-0.25, -0.2) is 0 Å². The summed E-state index contributed by atoms with van der Waals surface area (Å²) in [7, 11) is 5.37. The average molecular weight is 514 g/mol. The summed E-state index contributed by atoms with van der Waals surface area (Å²) in [4.78, 5) is 27.6. The Kier molecular flexibility index (Phi) is 8.05. The summed E-state index contributed by atoms with van der Waals surface area (Å²) in [6, 6.07) is 25.7. The number of nitrogens with one attached hydrogen (secondary N) is 1. The van der Waals surface area contributed by atoms with E-state index in [1.54, 1.807) is 18.1 Å². The van der Waals surface area contributed by atoms with E-state index in [2.05, 4.69) is 19.2 Å². The summed E-state index contributed by atoms with van der Waals surface area (Å²) in [6.07, 6.45) is 1.23. The van der Waals surface area contributed by atoms with Gasteiger partial charge >= 0.3 is 0 Å². The Balaban J connectivity index is 1.70. The Morgan fingerprint density at radius 3 is 2.08 bits per heavy atom. The van der Waals surface area contributed by atoms with Crippen molar-refractivity contribution < 1.29 is 14.3 Å². The van der Waals surface area contributed by atoms with E-state index in [1.807, 2.05) is 86.9 Å². The second-order valence-electron chi connectivity index (χ2n) is 11.0. The van der Waals surface area contributed by atoms with Crippen molar-refractivity contribution in [3.05, 3.63) is 107 Å². The summed E-state index contributed by atoms with van der Waals surface area (Å²) in [6.45, 7) is 4.93. The van der Waals surface area contributed by atoms with Gasteiger partial charge in [0.25, 0.3) is 0 Å². The summed E-state index contributed by atoms with van der Waals surface area (Å²) < 4.78 is 5.98. The first-order valence-electron chi connectivity index (χ1n) is 13.1. The molecule has 3 N–H and O–H groups in total. The zero-order valence-electron chi connectivity index (χ0n) is 23.0. The highest BCUT2D eigenvalue weighted by atomic mass is 16.5. The van der Waals surface area contributed by atoms with Gasteiger partial charge in [0.2, 0.25) is 11.8 Å². The molecule has 200 valence electrons. The van der Waals surface area contributed by atoms with E-state index in [1.165, 1.54) is 0 Å². The van der Waals surface area contributed by atoms with Crippen molar-refractivity contribution in [2.75, 3.05) is 27.7 Å². The molecule has 3 aromatic carbocycles. The molecule has 6 heteroatoms. The van der Waals surface area contributed by atoms with Crippen LogP contribution in [0.25, 0.3) is 0 Å². The molecule has 0 aromatic heterocycles. The third-order valence-electron chi connectivity index (χ3n) is 8.13. The molecule has 0 spiro atoms. The number of ether oxygens (including phenoxy) is 1. The van der Waals surface area contributed by atoms with Crippen LogP contribution in [0.3, 0.4) is 0 Å². The molecule has 0 saturated carbocycles. The lowest BCUT2D eigenvalue weighted by Gasteiger charge is -2.46. The first kappa shape index (κ1) is 27.6. The molecule has 3 aromatic rings. The largest absolute Gasteiger partial charge is 0.379 e. The number of carbonyl (C=O) groups is 2. The van der Waals surface area contributed by atoms with Crippen molar-refractivity contribution in [2.45, 2.75) is 49.7 Å². The van der Waals surface area contributed by atoms with Crippen LogP contribution in [0.4, 0.5) is 0 Å². The second-order valence-corrected chi connectivity index (χ2v) is 11.0. The fourth-order valence-electron chi connectivity index (χ4n) is 6.13. The Morgan fingerprint density at radius 1 is 1.00 bits per heavy atom. The molecule has 0 aliphatic heterocycles. The number of primary amides is 1. The van der Waals surface area contributed by atoms with Crippen LogP contribution in [0.15, 0.2) is 78.9 Å².